The monoisotopic (exact) mass is 299 g/mol. The van der Waals surface area contributed by atoms with Gasteiger partial charge in [0.1, 0.15) is 0 Å². The Labute approximate surface area is 122 Å². The van der Waals surface area contributed by atoms with Gasteiger partial charge >= 0.3 is 10.2 Å². The largest absolute Gasteiger partial charge is 0.314 e. The molecule has 0 aliphatic rings. The Morgan fingerprint density at radius 3 is 2.35 bits per heavy atom. The Morgan fingerprint density at radius 1 is 1.20 bits per heavy atom. The SMILES string of the molecule is Cc1ccc(NS(=O)(=O)N(C)CCCNC(C)C)cc1. The molecule has 20 heavy (non-hydrogen) atoms. The number of hydrogen-bond donors (Lipinski definition) is 2. The average molecular weight is 299 g/mol. The quantitative estimate of drug-likeness (QED) is 0.722. The number of anilines is 1. The molecule has 0 fully saturated rings. The van der Waals surface area contributed by atoms with Gasteiger partial charge in [-0.05, 0) is 32.0 Å². The lowest BCUT2D eigenvalue weighted by Gasteiger charge is -2.18. The van der Waals surface area contributed by atoms with Crippen molar-refractivity contribution in [2.24, 2.45) is 0 Å². The van der Waals surface area contributed by atoms with Crippen LogP contribution in [0.1, 0.15) is 25.8 Å². The number of rotatable bonds is 8. The number of hydrogen-bond acceptors (Lipinski definition) is 3. The molecule has 0 saturated carbocycles. The summed E-state index contributed by atoms with van der Waals surface area (Å²) in [4.78, 5) is 0. The van der Waals surface area contributed by atoms with Crippen molar-refractivity contribution in [3.05, 3.63) is 29.8 Å². The van der Waals surface area contributed by atoms with Crippen LogP contribution in [0, 0.1) is 6.92 Å². The first-order chi connectivity index (χ1) is 9.31. The highest BCUT2D eigenvalue weighted by Crippen LogP contribution is 2.12. The van der Waals surface area contributed by atoms with E-state index in [-0.39, 0.29) is 0 Å². The van der Waals surface area contributed by atoms with Gasteiger partial charge < -0.3 is 5.32 Å². The van der Waals surface area contributed by atoms with E-state index < -0.39 is 10.2 Å². The van der Waals surface area contributed by atoms with Crippen molar-refractivity contribution in [3.8, 4) is 0 Å². The second-order valence-electron chi connectivity index (χ2n) is 5.26. The van der Waals surface area contributed by atoms with E-state index >= 15 is 0 Å². The van der Waals surface area contributed by atoms with E-state index in [0.29, 0.717) is 18.3 Å². The third-order valence-corrected chi connectivity index (χ3v) is 4.41. The number of benzene rings is 1. The zero-order valence-electron chi connectivity index (χ0n) is 12.7. The third-order valence-electron chi connectivity index (χ3n) is 2.91. The molecule has 0 heterocycles. The van der Waals surface area contributed by atoms with Crippen molar-refractivity contribution in [1.82, 2.24) is 9.62 Å². The Morgan fingerprint density at radius 2 is 1.80 bits per heavy atom. The molecule has 0 aromatic heterocycles. The molecule has 0 atom stereocenters. The fourth-order valence-corrected chi connectivity index (χ4v) is 2.62. The minimum atomic E-state index is -3.47. The molecule has 0 bridgehead atoms. The Hall–Kier alpha value is -1.11. The summed E-state index contributed by atoms with van der Waals surface area (Å²) in [6, 6.07) is 7.71. The predicted octanol–water partition coefficient (Wildman–Crippen LogP) is 1.97. The topological polar surface area (TPSA) is 61.4 Å². The zero-order valence-corrected chi connectivity index (χ0v) is 13.5. The van der Waals surface area contributed by atoms with Crippen molar-refractivity contribution < 1.29 is 8.42 Å². The number of nitrogens with zero attached hydrogens (tertiary/aromatic N) is 1. The van der Waals surface area contributed by atoms with Gasteiger partial charge in [0.25, 0.3) is 0 Å². The van der Waals surface area contributed by atoms with Crippen LogP contribution in [0.25, 0.3) is 0 Å². The first kappa shape index (κ1) is 16.9. The summed E-state index contributed by atoms with van der Waals surface area (Å²) in [6.45, 7) is 7.40. The standard InChI is InChI=1S/C14H25N3O2S/c1-12(2)15-10-5-11-17(4)20(18,19)16-14-8-6-13(3)7-9-14/h6-9,12,15-16H,5,10-11H2,1-4H3. The van der Waals surface area contributed by atoms with Gasteiger partial charge in [0.05, 0.1) is 0 Å². The predicted molar refractivity (Wildman–Crippen MR) is 84.1 cm³/mol. The van der Waals surface area contributed by atoms with Crippen LogP contribution in [-0.4, -0.2) is 38.9 Å². The van der Waals surface area contributed by atoms with E-state index in [0.717, 1.165) is 18.5 Å². The highest BCUT2D eigenvalue weighted by molar-refractivity contribution is 7.90. The molecule has 0 amide bonds. The average Bonchev–Trinajstić information content (AvgIpc) is 2.36. The van der Waals surface area contributed by atoms with E-state index in [4.69, 9.17) is 0 Å². The molecular formula is C14H25N3O2S. The second-order valence-corrected chi connectivity index (χ2v) is 7.03. The van der Waals surface area contributed by atoms with Gasteiger partial charge in [-0.25, -0.2) is 0 Å². The highest BCUT2D eigenvalue weighted by atomic mass is 32.2. The van der Waals surface area contributed by atoms with Crippen molar-refractivity contribution in [1.29, 1.82) is 0 Å². The van der Waals surface area contributed by atoms with Crippen LogP contribution in [0.3, 0.4) is 0 Å². The Balaban J connectivity index is 2.48. The summed E-state index contributed by atoms with van der Waals surface area (Å²) in [5.41, 5.74) is 1.68. The van der Waals surface area contributed by atoms with Crippen LogP contribution < -0.4 is 10.0 Å². The summed E-state index contributed by atoms with van der Waals surface area (Å²) in [6.07, 6.45) is 0.781. The maximum absolute atomic E-state index is 12.1. The van der Waals surface area contributed by atoms with Gasteiger partial charge in [-0.1, -0.05) is 31.5 Å². The maximum atomic E-state index is 12.1. The van der Waals surface area contributed by atoms with Crippen LogP contribution in [0.5, 0.6) is 0 Å². The smallest absolute Gasteiger partial charge is 0.301 e. The minimum Gasteiger partial charge on any atom is -0.314 e. The van der Waals surface area contributed by atoms with Gasteiger partial charge in [0.15, 0.2) is 0 Å². The fourth-order valence-electron chi connectivity index (χ4n) is 1.66. The van der Waals surface area contributed by atoms with Crippen LogP contribution in [0.4, 0.5) is 5.69 Å². The normalized spacial score (nSPS) is 12.1. The van der Waals surface area contributed by atoms with Crippen LogP contribution in [-0.2, 0) is 10.2 Å². The molecule has 0 saturated heterocycles. The summed E-state index contributed by atoms with van der Waals surface area (Å²) >= 11 is 0. The molecule has 1 aromatic rings. The van der Waals surface area contributed by atoms with E-state index in [9.17, 15) is 8.42 Å². The highest BCUT2D eigenvalue weighted by Gasteiger charge is 2.16. The second kappa shape index (κ2) is 7.61. The molecule has 5 nitrogen and oxygen atoms in total. The molecule has 1 aromatic carbocycles. The molecule has 2 N–H and O–H groups in total. The zero-order chi connectivity index (χ0) is 15.2. The number of nitrogens with one attached hydrogen (secondary N) is 2. The molecule has 114 valence electrons. The van der Waals surface area contributed by atoms with E-state index in [1.54, 1.807) is 19.2 Å². The van der Waals surface area contributed by atoms with Crippen molar-refractivity contribution >= 4 is 15.9 Å². The third kappa shape index (κ3) is 5.90. The van der Waals surface area contributed by atoms with Crippen molar-refractivity contribution in [2.75, 3.05) is 24.9 Å². The van der Waals surface area contributed by atoms with Crippen LogP contribution in [0.15, 0.2) is 24.3 Å². The number of aryl methyl sites for hydroxylation is 1. The van der Waals surface area contributed by atoms with E-state index in [1.165, 1.54) is 4.31 Å². The summed E-state index contributed by atoms with van der Waals surface area (Å²) in [5.74, 6) is 0. The molecule has 0 unspecified atom stereocenters. The van der Waals surface area contributed by atoms with Crippen LogP contribution >= 0.6 is 0 Å². The molecular weight excluding hydrogens is 274 g/mol. The van der Waals surface area contributed by atoms with Crippen LogP contribution in [0.2, 0.25) is 0 Å². The lowest BCUT2D eigenvalue weighted by atomic mass is 10.2. The first-order valence-corrected chi connectivity index (χ1v) is 8.29. The van der Waals surface area contributed by atoms with Gasteiger partial charge in [0.2, 0.25) is 0 Å². The lowest BCUT2D eigenvalue weighted by Crippen LogP contribution is -2.35. The van der Waals surface area contributed by atoms with Gasteiger partial charge in [-0.3, -0.25) is 4.72 Å². The molecule has 0 radical (unpaired) electrons. The van der Waals surface area contributed by atoms with E-state index in [2.05, 4.69) is 23.9 Å². The van der Waals surface area contributed by atoms with Gasteiger partial charge in [-0.2, -0.15) is 12.7 Å². The molecule has 0 spiro atoms. The Kier molecular flexibility index (Phi) is 6.45. The molecule has 1 rings (SSSR count). The van der Waals surface area contributed by atoms with Crippen molar-refractivity contribution in [3.63, 3.8) is 0 Å². The van der Waals surface area contributed by atoms with Gasteiger partial charge in [-0.15, -0.1) is 0 Å². The molecule has 0 aliphatic heterocycles. The van der Waals surface area contributed by atoms with Crippen molar-refractivity contribution in [2.45, 2.75) is 33.2 Å². The summed E-state index contributed by atoms with van der Waals surface area (Å²) in [7, 11) is -1.88. The lowest BCUT2D eigenvalue weighted by molar-refractivity contribution is 0.451. The summed E-state index contributed by atoms with van der Waals surface area (Å²) < 4.78 is 28.1. The maximum Gasteiger partial charge on any atom is 0.301 e. The molecule has 6 heteroatoms. The first-order valence-electron chi connectivity index (χ1n) is 6.85. The fraction of sp³-hybridized carbons (Fsp3) is 0.571. The summed E-state index contributed by atoms with van der Waals surface area (Å²) in [5, 5.41) is 3.27. The molecule has 0 aliphatic carbocycles. The minimum absolute atomic E-state index is 0.419. The van der Waals surface area contributed by atoms with Gasteiger partial charge in [0, 0.05) is 25.3 Å². The Bertz CT molecular complexity index is 498. The van der Waals surface area contributed by atoms with E-state index in [1.807, 2.05) is 19.1 Å².